The molecule has 1 aromatic carbocycles. The maximum absolute atomic E-state index is 11.8. The highest BCUT2D eigenvalue weighted by Crippen LogP contribution is 2.40. The fourth-order valence-corrected chi connectivity index (χ4v) is 4.92. The van der Waals surface area contributed by atoms with Crippen LogP contribution in [0.5, 0.6) is 0 Å². The molecule has 2 atom stereocenters. The lowest BCUT2D eigenvalue weighted by molar-refractivity contribution is -0.0799. The molecule has 0 radical (unpaired) electrons. The summed E-state index contributed by atoms with van der Waals surface area (Å²) in [5.41, 5.74) is 0.535. The van der Waals surface area contributed by atoms with Gasteiger partial charge >= 0.3 is 0 Å². The van der Waals surface area contributed by atoms with Gasteiger partial charge in [0.1, 0.15) is 5.60 Å². The second-order valence-corrected chi connectivity index (χ2v) is 7.24. The minimum absolute atomic E-state index is 0.0234. The topological polar surface area (TPSA) is 55.4 Å². The zero-order valence-electron chi connectivity index (χ0n) is 10.1. The Kier molecular flexibility index (Phi) is 2.92. The van der Waals surface area contributed by atoms with Crippen LogP contribution in [0.25, 0.3) is 0 Å². The van der Waals surface area contributed by atoms with Gasteiger partial charge in [-0.3, -0.25) is 0 Å². The summed E-state index contributed by atoms with van der Waals surface area (Å²) in [6, 6.07) is 9.94. The average molecular weight is 267 g/mol. The van der Waals surface area contributed by atoms with E-state index < -0.39 is 15.4 Å². The molecule has 0 aliphatic carbocycles. The van der Waals surface area contributed by atoms with Crippen molar-refractivity contribution in [3.8, 4) is 0 Å². The Morgan fingerprint density at radius 2 is 2.06 bits per heavy atom. The Balaban J connectivity index is 1.97. The van der Waals surface area contributed by atoms with Crippen molar-refractivity contribution >= 4 is 9.84 Å². The van der Waals surface area contributed by atoms with E-state index in [-0.39, 0.29) is 17.5 Å². The number of hydrogen-bond acceptors (Lipinski definition) is 4. The zero-order valence-corrected chi connectivity index (χ0v) is 10.9. The summed E-state index contributed by atoms with van der Waals surface area (Å²) in [7, 11) is -2.96. The van der Waals surface area contributed by atoms with Gasteiger partial charge in [-0.1, -0.05) is 30.3 Å². The molecule has 2 heterocycles. The van der Waals surface area contributed by atoms with Gasteiger partial charge in [-0.2, -0.15) is 0 Å². The molecule has 1 N–H and O–H groups in total. The number of rotatable bonds is 1. The molecule has 4 nitrogen and oxygen atoms in total. The number of nitrogens with one attached hydrogen (secondary N) is 1. The lowest BCUT2D eigenvalue weighted by Gasteiger charge is -2.41. The van der Waals surface area contributed by atoms with Crippen LogP contribution < -0.4 is 5.32 Å². The average Bonchev–Trinajstić information content (AvgIpc) is 2.67. The third-order valence-electron chi connectivity index (χ3n) is 3.80. The van der Waals surface area contributed by atoms with Gasteiger partial charge < -0.3 is 10.1 Å². The first-order valence-electron chi connectivity index (χ1n) is 6.24. The third kappa shape index (κ3) is 2.06. The summed E-state index contributed by atoms with van der Waals surface area (Å²) in [5.74, 6) is 0.366. The van der Waals surface area contributed by atoms with E-state index in [1.165, 1.54) is 0 Å². The highest BCUT2D eigenvalue weighted by molar-refractivity contribution is 7.91. The number of sulfone groups is 1. The molecule has 2 aliphatic rings. The maximum Gasteiger partial charge on any atom is 0.153 e. The van der Waals surface area contributed by atoms with E-state index in [2.05, 4.69) is 5.32 Å². The summed E-state index contributed by atoms with van der Waals surface area (Å²) in [4.78, 5) is 0. The minimum atomic E-state index is -2.96. The highest BCUT2D eigenvalue weighted by atomic mass is 32.2. The van der Waals surface area contributed by atoms with Crippen LogP contribution in [0.1, 0.15) is 18.0 Å². The molecule has 0 amide bonds. The summed E-state index contributed by atoms with van der Waals surface area (Å²) >= 11 is 0. The van der Waals surface area contributed by atoms with Crippen LogP contribution in [-0.2, 0) is 14.6 Å². The van der Waals surface area contributed by atoms with Crippen LogP contribution in [0, 0.1) is 0 Å². The summed E-state index contributed by atoms with van der Waals surface area (Å²) in [5, 5.41) is 3.42. The Morgan fingerprint density at radius 1 is 1.28 bits per heavy atom. The van der Waals surface area contributed by atoms with Gasteiger partial charge in [0.2, 0.25) is 0 Å². The Morgan fingerprint density at radius 3 is 2.72 bits per heavy atom. The normalized spacial score (nSPS) is 34.8. The zero-order chi connectivity index (χ0) is 12.6. The molecular weight excluding hydrogens is 250 g/mol. The van der Waals surface area contributed by atoms with Crippen LogP contribution in [0.4, 0.5) is 0 Å². The standard InChI is InChI=1S/C13H17NO3S/c15-18(16)9-6-13(10-18)12(14-7-8-17-13)11-4-2-1-3-5-11/h1-5,12,14H,6-10H2. The van der Waals surface area contributed by atoms with E-state index in [1.807, 2.05) is 30.3 Å². The molecule has 0 aromatic heterocycles. The number of morpholine rings is 1. The smallest absolute Gasteiger partial charge is 0.153 e. The maximum atomic E-state index is 11.8. The van der Waals surface area contributed by atoms with Crippen molar-refractivity contribution < 1.29 is 13.2 Å². The van der Waals surface area contributed by atoms with Crippen molar-refractivity contribution in [2.75, 3.05) is 24.7 Å². The molecule has 18 heavy (non-hydrogen) atoms. The SMILES string of the molecule is O=S1(=O)CCC2(C1)OCCNC2c1ccccc1. The molecule has 2 unspecified atom stereocenters. The highest BCUT2D eigenvalue weighted by Gasteiger charge is 2.50. The monoisotopic (exact) mass is 267 g/mol. The van der Waals surface area contributed by atoms with Crippen molar-refractivity contribution in [2.45, 2.75) is 18.1 Å². The van der Waals surface area contributed by atoms with E-state index in [0.717, 1.165) is 12.1 Å². The number of benzene rings is 1. The predicted octanol–water partition coefficient (Wildman–Crippen LogP) is 0.905. The molecule has 3 rings (SSSR count). The van der Waals surface area contributed by atoms with Crippen LogP contribution >= 0.6 is 0 Å². The molecular formula is C13H17NO3S. The van der Waals surface area contributed by atoms with Crippen molar-refractivity contribution in [2.24, 2.45) is 0 Å². The second kappa shape index (κ2) is 4.33. The Bertz CT molecular complexity index is 528. The summed E-state index contributed by atoms with van der Waals surface area (Å²) in [6.45, 7) is 1.35. The number of hydrogen-bond donors (Lipinski definition) is 1. The van der Waals surface area contributed by atoms with Crippen molar-refractivity contribution in [1.29, 1.82) is 0 Å². The molecule has 0 saturated carbocycles. The van der Waals surface area contributed by atoms with Gasteiger partial charge in [-0.15, -0.1) is 0 Å². The van der Waals surface area contributed by atoms with Gasteiger partial charge in [-0.25, -0.2) is 8.42 Å². The predicted molar refractivity (Wildman–Crippen MR) is 69.1 cm³/mol. The van der Waals surface area contributed by atoms with Crippen molar-refractivity contribution in [1.82, 2.24) is 5.32 Å². The molecule has 2 aliphatic heterocycles. The van der Waals surface area contributed by atoms with E-state index in [9.17, 15) is 8.42 Å². The van der Waals surface area contributed by atoms with E-state index >= 15 is 0 Å². The lowest BCUT2D eigenvalue weighted by Crippen LogP contribution is -2.53. The van der Waals surface area contributed by atoms with Crippen LogP contribution in [0.3, 0.4) is 0 Å². The van der Waals surface area contributed by atoms with E-state index in [0.29, 0.717) is 13.0 Å². The van der Waals surface area contributed by atoms with Gasteiger partial charge in [0.25, 0.3) is 0 Å². The first-order chi connectivity index (χ1) is 8.61. The van der Waals surface area contributed by atoms with Crippen molar-refractivity contribution in [3.63, 3.8) is 0 Å². The molecule has 5 heteroatoms. The van der Waals surface area contributed by atoms with Crippen LogP contribution in [-0.4, -0.2) is 38.7 Å². The molecule has 2 saturated heterocycles. The molecule has 1 aromatic rings. The lowest BCUT2D eigenvalue weighted by atomic mass is 9.86. The van der Waals surface area contributed by atoms with Gasteiger partial charge in [0.05, 0.1) is 24.2 Å². The largest absolute Gasteiger partial charge is 0.371 e. The molecule has 2 fully saturated rings. The second-order valence-electron chi connectivity index (χ2n) is 5.05. The van der Waals surface area contributed by atoms with Gasteiger partial charge in [-0.05, 0) is 12.0 Å². The quantitative estimate of drug-likeness (QED) is 0.821. The Labute approximate surface area is 107 Å². The fraction of sp³-hybridized carbons (Fsp3) is 0.538. The Hall–Kier alpha value is -0.910. The molecule has 1 spiro atoms. The number of ether oxygens (including phenoxy) is 1. The van der Waals surface area contributed by atoms with E-state index in [1.54, 1.807) is 0 Å². The van der Waals surface area contributed by atoms with Gasteiger partial charge in [0, 0.05) is 6.54 Å². The fourth-order valence-electron chi connectivity index (χ4n) is 2.98. The van der Waals surface area contributed by atoms with Gasteiger partial charge in [0.15, 0.2) is 9.84 Å². The molecule has 0 bridgehead atoms. The summed E-state index contributed by atoms with van der Waals surface area (Å²) < 4.78 is 29.4. The van der Waals surface area contributed by atoms with Crippen LogP contribution in [0.2, 0.25) is 0 Å². The molecule has 98 valence electrons. The van der Waals surface area contributed by atoms with Crippen LogP contribution in [0.15, 0.2) is 30.3 Å². The third-order valence-corrected chi connectivity index (χ3v) is 5.55. The summed E-state index contributed by atoms with van der Waals surface area (Å²) in [6.07, 6.45) is 0.585. The van der Waals surface area contributed by atoms with Crippen molar-refractivity contribution in [3.05, 3.63) is 35.9 Å². The first-order valence-corrected chi connectivity index (χ1v) is 8.06. The van der Waals surface area contributed by atoms with E-state index in [4.69, 9.17) is 4.74 Å². The first kappa shape index (κ1) is 12.1. The minimum Gasteiger partial charge on any atom is -0.371 e.